The summed E-state index contributed by atoms with van der Waals surface area (Å²) >= 11 is 3.41. The number of anilines is 1. The van der Waals surface area contributed by atoms with Gasteiger partial charge in [-0.2, -0.15) is 5.10 Å². The molecule has 0 saturated heterocycles. The van der Waals surface area contributed by atoms with Crippen LogP contribution in [0.5, 0.6) is 0 Å². The number of halogens is 1. The minimum atomic E-state index is -0.194. The molecule has 5 heteroatoms. The molecule has 1 aromatic heterocycles. The molecule has 1 heterocycles. The third kappa shape index (κ3) is 3.41. The smallest absolute Gasteiger partial charge is 0.273 e. The number of carbonyl (C=O) groups excluding carboxylic acids is 1. The molecule has 24 heavy (non-hydrogen) atoms. The molecule has 0 aliphatic carbocycles. The summed E-state index contributed by atoms with van der Waals surface area (Å²) in [6.45, 7) is 6.04. The lowest BCUT2D eigenvalue weighted by molar-refractivity contribution is 0.102. The number of nitrogens with zero attached hydrogens (tertiary/aromatic N) is 1. The van der Waals surface area contributed by atoms with Gasteiger partial charge in [-0.15, -0.1) is 0 Å². The molecule has 3 aromatic rings. The van der Waals surface area contributed by atoms with Crippen LogP contribution < -0.4 is 5.32 Å². The Bertz CT molecular complexity index is 874. The van der Waals surface area contributed by atoms with E-state index >= 15 is 0 Å². The van der Waals surface area contributed by atoms with Crippen LogP contribution in [0.15, 0.2) is 46.9 Å². The number of nitrogens with one attached hydrogen (secondary N) is 2. The van der Waals surface area contributed by atoms with Crippen LogP contribution in [0, 0.1) is 20.8 Å². The van der Waals surface area contributed by atoms with E-state index in [9.17, 15) is 4.79 Å². The number of hydrogen-bond acceptors (Lipinski definition) is 2. The van der Waals surface area contributed by atoms with E-state index < -0.39 is 0 Å². The number of amides is 1. The predicted octanol–water partition coefficient (Wildman–Crippen LogP) is 5.02. The molecule has 0 bridgehead atoms. The Morgan fingerprint density at radius 2 is 1.67 bits per heavy atom. The number of aryl methyl sites for hydroxylation is 3. The molecular formula is C19H18BrN3O. The van der Waals surface area contributed by atoms with Crippen molar-refractivity contribution in [2.45, 2.75) is 20.8 Å². The van der Waals surface area contributed by atoms with E-state index in [0.29, 0.717) is 5.69 Å². The van der Waals surface area contributed by atoms with Gasteiger partial charge in [-0.05, 0) is 50.1 Å². The predicted molar refractivity (Wildman–Crippen MR) is 100 cm³/mol. The highest BCUT2D eigenvalue weighted by Gasteiger charge is 2.13. The first-order chi connectivity index (χ1) is 11.4. The van der Waals surface area contributed by atoms with E-state index in [0.717, 1.165) is 32.5 Å². The summed E-state index contributed by atoms with van der Waals surface area (Å²) in [5.41, 5.74) is 6.27. The quantitative estimate of drug-likeness (QED) is 0.667. The third-order valence-electron chi connectivity index (χ3n) is 3.88. The number of rotatable bonds is 3. The average molecular weight is 384 g/mol. The molecule has 2 N–H and O–H groups in total. The number of aromatic nitrogens is 2. The Kier molecular flexibility index (Phi) is 4.53. The molecule has 0 aliphatic heterocycles. The number of carbonyl (C=O) groups is 1. The van der Waals surface area contributed by atoms with Crippen molar-refractivity contribution in [2.75, 3.05) is 5.32 Å². The van der Waals surface area contributed by atoms with Gasteiger partial charge in [-0.25, -0.2) is 0 Å². The van der Waals surface area contributed by atoms with E-state index in [2.05, 4.69) is 43.6 Å². The number of hydrogen-bond donors (Lipinski definition) is 2. The zero-order chi connectivity index (χ0) is 17.3. The topological polar surface area (TPSA) is 57.8 Å². The molecule has 0 atom stereocenters. The van der Waals surface area contributed by atoms with Gasteiger partial charge in [0.15, 0.2) is 0 Å². The number of H-pyrrole nitrogens is 1. The van der Waals surface area contributed by atoms with Gasteiger partial charge in [0.25, 0.3) is 5.91 Å². The van der Waals surface area contributed by atoms with Crippen molar-refractivity contribution in [1.29, 1.82) is 0 Å². The molecule has 3 rings (SSSR count). The lowest BCUT2D eigenvalue weighted by Gasteiger charge is -2.12. The molecule has 4 nitrogen and oxygen atoms in total. The van der Waals surface area contributed by atoms with Crippen molar-refractivity contribution in [3.05, 3.63) is 69.3 Å². The SMILES string of the molecule is Cc1cc(C)c(NC(=O)c2cc(-c3ccc(Br)cc3)n[nH]2)c(C)c1. The number of benzene rings is 2. The van der Waals surface area contributed by atoms with Crippen LogP contribution >= 0.6 is 15.9 Å². The maximum atomic E-state index is 12.5. The average Bonchev–Trinajstić information content (AvgIpc) is 3.01. The second-order valence-electron chi connectivity index (χ2n) is 5.90. The Labute approximate surface area is 149 Å². The summed E-state index contributed by atoms with van der Waals surface area (Å²) in [7, 11) is 0. The highest BCUT2D eigenvalue weighted by atomic mass is 79.9. The van der Waals surface area contributed by atoms with Gasteiger partial charge in [0.1, 0.15) is 5.69 Å². The molecule has 1 amide bonds. The fourth-order valence-electron chi connectivity index (χ4n) is 2.76. The van der Waals surface area contributed by atoms with Gasteiger partial charge in [0.05, 0.1) is 5.69 Å². The summed E-state index contributed by atoms with van der Waals surface area (Å²) in [6, 6.07) is 13.7. The fourth-order valence-corrected chi connectivity index (χ4v) is 3.03. The Hall–Kier alpha value is -2.40. The molecule has 0 saturated carbocycles. The highest BCUT2D eigenvalue weighted by Crippen LogP contribution is 2.24. The van der Waals surface area contributed by atoms with E-state index in [1.54, 1.807) is 6.07 Å². The van der Waals surface area contributed by atoms with Crippen LogP contribution in [-0.2, 0) is 0 Å². The molecule has 122 valence electrons. The summed E-state index contributed by atoms with van der Waals surface area (Å²) in [6.07, 6.45) is 0. The second-order valence-corrected chi connectivity index (χ2v) is 6.82. The van der Waals surface area contributed by atoms with Gasteiger partial charge in [0.2, 0.25) is 0 Å². The van der Waals surface area contributed by atoms with E-state index in [1.807, 2.05) is 45.0 Å². The van der Waals surface area contributed by atoms with Gasteiger partial charge in [-0.1, -0.05) is 45.8 Å². The molecule has 0 unspecified atom stereocenters. The van der Waals surface area contributed by atoms with Crippen LogP contribution in [0.3, 0.4) is 0 Å². The summed E-state index contributed by atoms with van der Waals surface area (Å²) in [5.74, 6) is -0.194. The Morgan fingerprint density at radius 1 is 1.04 bits per heavy atom. The summed E-state index contributed by atoms with van der Waals surface area (Å²) in [4.78, 5) is 12.5. The monoisotopic (exact) mass is 383 g/mol. The van der Waals surface area contributed by atoms with Crippen molar-refractivity contribution >= 4 is 27.5 Å². The second kappa shape index (κ2) is 6.61. The van der Waals surface area contributed by atoms with Gasteiger partial charge in [-0.3, -0.25) is 9.89 Å². The normalized spacial score (nSPS) is 10.7. The van der Waals surface area contributed by atoms with Crippen LogP contribution in [0.4, 0.5) is 5.69 Å². The van der Waals surface area contributed by atoms with E-state index in [-0.39, 0.29) is 5.91 Å². The standard InChI is InChI=1S/C19H18BrN3O/c1-11-8-12(2)18(13(3)9-11)21-19(24)17-10-16(22-23-17)14-4-6-15(20)7-5-14/h4-10H,1-3H3,(H,21,24)(H,22,23). The maximum absolute atomic E-state index is 12.5. The van der Waals surface area contributed by atoms with Crippen molar-refractivity contribution in [3.63, 3.8) is 0 Å². The highest BCUT2D eigenvalue weighted by molar-refractivity contribution is 9.10. The zero-order valence-corrected chi connectivity index (χ0v) is 15.4. The molecular weight excluding hydrogens is 366 g/mol. The van der Waals surface area contributed by atoms with E-state index in [1.165, 1.54) is 5.56 Å². The molecule has 2 aromatic carbocycles. The first-order valence-corrected chi connectivity index (χ1v) is 8.44. The zero-order valence-electron chi connectivity index (χ0n) is 13.8. The summed E-state index contributed by atoms with van der Waals surface area (Å²) in [5, 5.41) is 10.0. The fraction of sp³-hybridized carbons (Fsp3) is 0.158. The van der Waals surface area contributed by atoms with Crippen molar-refractivity contribution in [1.82, 2.24) is 10.2 Å². The lowest BCUT2D eigenvalue weighted by atomic mass is 10.0. The van der Waals surface area contributed by atoms with Crippen molar-refractivity contribution in [3.8, 4) is 11.3 Å². The largest absolute Gasteiger partial charge is 0.320 e. The number of aromatic amines is 1. The van der Waals surface area contributed by atoms with E-state index in [4.69, 9.17) is 0 Å². The van der Waals surface area contributed by atoms with Gasteiger partial charge >= 0.3 is 0 Å². The van der Waals surface area contributed by atoms with Crippen LogP contribution in [-0.4, -0.2) is 16.1 Å². The molecule has 0 aliphatic rings. The minimum Gasteiger partial charge on any atom is -0.320 e. The van der Waals surface area contributed by atoms with Crippen LogP contribution in [0.1, 0.15) is 27.2 Å². The van der Waals surface area contributed by atoms with Gasteiger partial charge in [0, 0.05) is 15.7 Å². The third-order valence-corrected chi connectivity index (χ3v) is 4.41. The van der Waals surface area contributed by atoms with Crippen molar-refractivity contribution in [2.24, 2.45) is 0 Å². The van der Waals surface area contributed by atoms with Crippen LogP contribution in [0.25, 0.3) is 11.3 Å². The molecule has 0 spiro atoms. The van der Waals surface area contributed by atoms with Gasteiger partial charge < -0.3 is 5.32 Å². The van der Waals surface area contributed by atoms with Crippen LogP contribution in [0.2, 0.25) is 0 Å². The summed E-state index contributed by atoms with van der Waals surface area (Å²) < 4.78 is 1.00. The minimum absolute atomic E-state index is 0.194. The Balaban J connectivity index is 1.83. The molecule has 0 radical (unpaired) electrons. The maximum Gasteiger partial charge on any atom is 0.273 e. The molecule has 0 fully saturated rings. The van der Waals surface area contributed by atoms with Crippen molar-refractivity contribution < 1.29 is 4.79 Å². The Morgan fingerprint density at radius 3 is 2.29 bits per heavy atom. The lowest BCUT2D eigenvalue weighted by Crippen LogP contribution is -2.14. The first kappa shape index (κ1) is 16.5. The first-order valence-electron chi connectivity index (χ1n) is 7.64.